The molecule has 0 saturated carbocycles. The molecule has 2 aromatic carbocycles. The number of halogens is 1. The van der Waals surface area contributed by atoms with Crippen LogP contribution in [0.15, 0.2) is 48.5 Å². The summed E-state index contributed by atoms with van der Waals surface area (Å²) in [4.78, 5) is 4.62. The lowest BCUT2D eigenvalue weighted by atomic mass is 10.2. The summed E-state index contributed by atoms with van der Waals surface area (Å²) in [5, 5.41) is -0.0106. The van der Waals surface area contributed by atoms with E-state index in [4.69, 9.17) is 0 Å². The highest BCUT2D eigenvalue weighted by atomic mass is 32.2. The lowest BCUT2D eigenvalue weighted by Crippen LogP contribution is -2.05. The van der Waals surface area contributed by atoms with Crippen LogP contribution in [0, 0.1) is 5.82 Å². The standard InChI is InChI=1S/C15H11FN2S/c16-11-6-2-1-5-10(11)15-18-13-8-4-3-7-12(13)17-14(18)9-19-15/h1-8,15H,9H2/t15-/m1/s1. The minimum Gasteiger partial charge on any atom is -0.310 e. The van der Waals surface area contributed by atoms with Crippen LogP contribution in [0.1, 0.15) is 16.8 Å². The van der Waals surface area contributed by atoms with E-state index in [1.807, 2.05) is 36.4 Å². The Labute approximate surface area is 114 Å². The minimum atomic E-state index is -0.148. The molecule has 1 aromatic heterocycles. The van der Waals surface area contributed by atoms with Crippen molar-refractivity contribution < 1.29 is 4.39 Å². The average Bonchev–Trinajstić information content (AvgIpc) is 2.98. The third-order valence-electron chi connectivity index (χ3n) is 3.44. The van der Waals surface area contributed by atoms with E-state index < -0.39 is 0 Å². The van der Waals surface area contributed by atoms with Crippen molar-refractivity contribution in [3.05, 3.63) is 65.7 Å². The SMILES string of the molecule is Fc1ccccc1[C@H]1SCc2nc3ccccc3n21. The van der Waals surface area contributed by atoms with E-state index in [-0.39, 0.29) is 11.2 Å². The maximum atomic E-state index is 14.0. The molecule has 4 rings (SSSR count). The maximum absolute atomic E-state index is 14.0. The second kappa shape index (κ2) is 4.10. The van der Waals surface area contributed by atoms with E-state index in [1.165, 1.54) is 6.07 Å². The maximum Gasteiger partial charge on any atom is 0.129 e. The van der Waals surface area contributed by atoms with Gasteiger partial charge in [-0.2, -0.15) is 0 Å². The van der Waals surface area contributed by atoms with Gasteiger partial charge in [-0.25, -0.2) is 9.37 Å². The highest BCUT2D eigenvalue weighted by Gasteiger charge is 2.29. The summed E-state index contributed by atoms with van der Waals surface area (Å²) in [5.41, 5.74) is 2.80. The Bertz CT molecular complexity index is 766. The molecule has 2 heterocycles. The fourth-order valence-electron chi connectivity index (χ4n) is 2.59. The van der Waals surface area contributed by atoms with Crippen LogP contribution in [-0.2, 0) is 5.75 Å². The van der Waals surface area contributed by atoms with Crippen molar-refractivity contribution >= 4 is 22.8 Å². The molecule has 0 unspecified atom stereocenters. The summed E-state index contributed by atoms with van der Waals surface area (Å²) < 4.78 is 16.1. The lowest BCUT2D eigenvalue weighted by molar-refractivity contribution is 0.599. The Balaban J connectivity index is 1.94. The number of imidazole rings is 1. The third kappa shape index (κ3) is 1.60. The molecule has 94 valence electrons. The first-order chi connectivity index (χ1) is 9.34. The van der Waals surface area contributed by atoms with Crippen LogP contribution in [0.4, 0.5) is 4.39 Å². The zero-order valence-electron chi connectivity index (χ0n) is 10.1. The number of hydrogen-bond donors (Lipinski definition) is 0. The predicted octanol–water partition coefficient (Wildman–Crippen LogP) is 3.97. The fraction of sp³-hybridized carbons (Fsp3) is 0.133. The van der Waals surface area contributed by atoms with Crippen molar-refractivity contribution in [1.82, 2.24) is 9.55 Å². The Hall–Kier alpha value is -1.81. The van der Waals surface area contributed by atoms with Gasteiger partial charge in [-0.15, -0.1) is 11.8 Å². The summed E-state index contributed by atoms with van der Waals surface area (Å²) >= 11 is 1.72. The smallest absolute Gasteiger partial charge is 0.129 e. The van der Waals surface area contributed by atoms with E-state index in [0.717, 1.165) is 28.2 Å². The van der Waals surface area contributed by atoms with Gasteiger partial charge < -0.3 is 4.57 Å². The number of benzene rings is 2. The van der Waals surface area contributed by atoms with Crippen LogP contribution >= 0.6 is 11.8 Å². The molecule has 0 saturated heterocycles. The van der Waals surface area contributed by atoms with E-state index in [2.05, 4.69) is 9.55 Å². The van der Waals surface area contributed by atoms with Crippen molar-refractivity contribution in [2.75, 3.05) is 0 Å². The number of thioether (sulfide) groups is 1. The predicted molar refractivity (Wildman–Crippen MR) is 75.6 cm³/mol. The van der Waals surface area contributed by atoms with E-state index in [0.29, 0.717) is 0 Å². The van der Waals surface area contributed by atoms with Crippen LogP contribution in [0.25, 0.3) is 11.0 Å². The molecular weight excluding hydrogens is 259 g/mol. The largest absolute Gasteiger partial charge is 0.310 e. The number of aromatic nitrogens is 2. The molecule has 1 atom stereocenters. The second-order valence-electron chi connectivity index (χ2n) is 4.57. The van der Waals surface area contributed by atoms with E-state index in [1.54, 1.807) is 17.8 Å². The molecule has 0 fully saturated rings. The van der Waals surface area contributed by atoms with Crippen molar-refractivity contribution in [3.63, 3.8) is 0 Å². The number of para-hydroxylation sites is 2. The number of rotatable bonds is 1. The van der Waals surface area contributed by atoms with Gasteiger partial charge >= 0.3 is 0 Å². The van der Waals surface area contributed by atoms with Crippen molar-refractivity contribution in [3.8, 4) is 0 Å². The van der Waals surface area contributed by atoms with Crippen LogP contribution in [0.5, 0.6) is 0 Å². The highest BCUT2D eigenvalue weighted by Crippen LogP contribution is 2.43. The molecule has 1 aliphatic rings. The topological polar surface area (TPSA) is 17.8 Å². The summed E-state index contributed by atoms with van der Waals surface area (Å²) in [6, 6.07) is 15.0. The molecule has 0 bridgehead atoms. The van der Waals surface area contributed by atoms with Gasteiger partial charge in [0, 0.05) is 5.56 Å². The van der Waals surface area contributed by atoms with Crippen LogP contribution < -0.4 is 0 Å². The lowest BCUT2D eigenvalue weighted by Gasteiger charge is -2.14. The molecule has 0 spiro atoms. The Morgan fingerprint density at radius 2 is 1.89 bits per heavy atom. The van der Waals surface area contributed by atoms with Crippen LogP contribution in [0.3, 0.4) is 0 Å². The summed E-state index contributed by atoms with van der Waals surface area (Å²) in [6.45, 7) is 0. The molecular formula is C15H11FN2S. The molecule has 0 radical (unpaired) electrons. The normalized spacial score (nSPS) is 17.8. The fourth-order valence-corrected chi connectivity index (χ4v) is 3.86. The summed E-state index contributed by atoms with van der Waals surface area (Å²) in [7, 11) is 0. The Morgan fingerprint density at radius 1 is 1.11 bits per heavy atom. The average molecular weight is 270 g/mol. The minimum absolute atomic E-state index is 0.0106. The molecule has 0 aliphatic carbocycles. The third-order valence-corrected chi connectivity index (χ3v) is 4.65. The van der Waals surface area contributed by atoms with Gasteiger partial charge in [0.25, 0.3) is 0 Å². The number of hydrogen-bond acceptors (Lipinski definition) is 2. The first kappa shape index (κ1) is 11.1. The molecule has 19 heavy (non-hydrogen) atoms. The van der Waals surface area contributed by atoms with Crippen molar-refractivity contribution in [1.29, 1.82) is 0 Å². The first-order valence-corrected chi connectivity index (χ1v) is 7.21. The molecule has 2 nitrogen and oxygen atoms in total. The van der Waals surface area contributed by atoms with Gasteiger partial charge in [0.05, 0.1) is 16.8 Å². The van der Waals surface area contributed by atoms with Gasteiger partial charge in [-0.3, -0.25) is 0 Å². The molecule has 0 amide bonds. The molecule has 3 aromatic rings. The van der Waals surface area contributed by atoms with E-state index >= 15 is 0 Å². The quantitative estimate of drug-likeness (QED) is 0.666. The van der Waals surface area contributed by atoms with Gasteiger partial charge in [-0.1, -0.05) is 30.3 Å². The van der Waals surface area contributed by atoms with Gasteiger partial charge in [0.15, 0.2) is 0 Å². The van der Waals surface area contributed by atoms with Crippen molar-refractivity contribution in [2.45, 2.75) is 11.1 Å². The van der Waals surface area contributed by atoms with Crippen LogP contribution in [0.2, 0.25) is 0 Å². The molecule has 1 aliphatic heterocycles. The second-order valence-corrected chi connectivity index (χ2v) is 5.64. The molecule has 0 N–H and O–H groups in total. The summed E-state index contributed by atoms with van der Waals surface area (Å²) in [6.07, 6.45) is 0. The van der Waals surface area contributed by atoms with E-state index in [9.17, 15) is 4.39 Å². The highest BCUT2D eigenvalue weighted by molar-refractivity contribution is 7.99. The zero-order valence-corrected chi connectivity index (χ0v) is 10.9. The van der Waals surface area contributed by atoms with Crippen molar-refractivity contribution in [2.24, 2.45) is 0 Å². The Kier molecular flexibility index (Phi) is 2.38. The monoisotopic (exact) mass is 270 g/mol. The first-order valence-electron chi connectivity index (χ1n) is 6.16. The summed E-state index contributed by atoms with van der Waals surface area (Å²) in [5.74, 6) is 1.71. The van der Waals surface area contributed by atoms with Gasteiger partial charge in [0.2, 0.25) is 0 Å². The number of fused-ring (bicyclic) bond motifs is 3. The number of nitrogens with zero attached hydrogens (tertiary/aromatic N) is 2. The van der Waals surface area contributed by atoms with Gasteiger partial charge in [-0.05, 0) is 18.2 Å². The zero-order chi connectivity index (χ0) is 12.8. The van der Waals surface area contributed by atoms with Crippen LogP contribution in [-0.4, -0.2) is 9.55 Å². The van der Waals surface area contributed by atoms with Gasteiger partial charge in [0.1, 0.15) is 17.0 Å². The molecule has 4 heteroatoms. The Morgan fingerprint density at radius 3 is 2.79 bits per heavy atom.